The number of benzene rings is 1. The molecule has 6 heteroatoms. The number of halogens is 1. The van der Waals surface area contributed by atoms with Gasteiger partial charge in [0, 0.05) is 36.5 Å². The lowest BCUT2D eigenvalue weighted by Crippen LogP contribution is -2.54. The fraction of sp³-hybridized carbons (Fsp3) is 0.520. The summed E-state index contributed by atoms with van der Waals surface area (Å²) in [7, 11) is 2.12. The third-order valence-corrected chi connectivity index (χ3v) is 8.04. The molecule has 2 atom stereocenters. The molecule has 1 amide bonds. The highest BCUT2D eigenvalue weighted by molar-refractivity contribution is 9.10. The van der Waals surface area contributed by atoms with Crippen molar-refractivity contribution in [3.8, 4) is 0 Å². The fourth-order valence-corrected chi connectivity index (χ4v) is 5.96. The minimum Gasteiger partial charge on any atom is -0.343 e. The van der Waals surface area contributed by atoms with E-state index >= 15 is 0 Å². The van der Waals surface area contributed by atoms with E-state index in [0.29, 0.717) is 6.54 Å². The monoisotopic (exact) mass is 485 g/mol. The van der Waals surface area contributed by atoms with Crippen LogP contribution in [0.1, 0.15) is 50.5 Å². The van der Waals surface area contributed by atoms with Crippen LogP contribution in [0.3, 0.4) is 0 Å². The van der Waals surface area contributed by atoms with Crippen molar-refractivity contribution in [1.29, 1.82) is 0 Å². The summed E-state index contributed by atoms with van der Waals surface area (Å²) in [5, 5.41) is 1.14. The maximum absolute atomic E-state index is 13.2. The van der Waals surface area contributed by atoms with Crippen molar-refractivity contribution in [2.45, 2.75) is 46.6 Å². The number of amides is 1. The van der Waals surface area contributed by atoms with Gasteiger partial charge in [-0.25, -0.2) is 0 Å². The second kappa shape index (κ2) is 7.89. The van der Waals surface area contributed by atoms with Crippen LogP contribution in [0.2, 0.25) is 0 Å². The minimum absolute atomic E-state index is 0.0900. The van der Waals surface area contributed by atoms with E-state index in [1.807, 2.05) is 49.3 Å². The smallest absolute Gasteiger partial charge is 0.234 e. The Morgan fingerprint density at radius 2 is 1.94 bits per heavy atom. The van der Waals surface area contributed by atoms with E-state index in [1.165, 1.54) is 11.1 Å². The highest BCUT2D eigenvalue weighted by Gasteiger charge is 2.45. The molecule has 1 aromatic carbocycles. The molecule has 31 heavy (non-hydrogen) atoms. The van der Waals surface area contributed by atoms with E-state index in [1.54, 1.807) is 0 Å². The number of hydrogen-bond acceptors (Lipinski definition) is 3. The van der Waals surface area contributed by atoms with Crippen molar-refractivity contribution in [2.24, 2.45) is 11.8 Å². The number of rotatable bonds is 4. The highest BCUT2D eigenvalue weighted by atomic mass is 79.9. The third-order valence-electron chi connectivity index (χ3n) is 7.21. The first-order valence-electron chi connectivity index (χ1n) is 11.2. The third kappa shape index (κ3) is 3.21. The lowest BCUT2D eigenvalue weighted by molar-refractivity contribution is -0.134. The zero-order valence-electron chi connectivity index (χ0n) is 19.3. The number of likely N-dealkylation sites (N-methyl/N-ethyl adjacent to an activating group) is 1. The molecule has 0 N–H and O–H groups in total. The van der Waals surface area contributed by atoms with Crippen molar-refractivity contribution < 1.29 is 9.59 Å². The van der Waals surface area contributed by atoms with Crippen LogP contribution in [-0.2, 0) is 11.2 Å². The topological polar surface area (TPSA) is 45.6 Å². The molecule has 0 bridgehead atoms. The molecule has 2 aromatic rings. The van der Waals surface area contributed by atoms with Gasteiger partial charge in [-0.2, -0.15) is 0 Å². The van der Waals surface area contributed by atoms with Crippen LogP contribution >= 0.6 is 15.9 Å². The van der Waals surface area contributed by atoms with Gasteiger partial charge >= 0.3 is 0 Å². The summed E-state index contributed by atoms with van der Waals surface area (Å²) in [5.41, 5.74) is 4.24. The van der Waals surface area contributed by atoms with Gasteiger partial charge in [0.05, 0.1) is 16.0 Å². The molecule has 0 radical (unpaired) electrons. The van der Waals surface area contributed by atoms with Crippen LogP contribution in [0.25, 0.3) is 16.5 Å². The summed E-state index contributed by atoms with van der Waals surface area (Å²) >= 11 is 3.77. The Hall–Kier alpha value is -1.92. The minimum atomic E-state index is -0.225. The van der Waals surface area contributed by atoms with Gasteiger partial charge in [0.25, 0.3) is 0 Å². The number of nitrogens with zero attached hydrogens (tertiary/aromatic N) is 3. The standard InChI is InChI=1S/C25H32BrN3O2/c1-7-28(8-2)24(31)16-12-19-17-10-9-11-20-21(17)18(13-25(19,5)27(6)14-16)22(26)29(20)23(30)15(3)4/h9-12,15-16H,7-8,13-14H2,1-6H3/t16-,25-/m1/s1. The van der Waals surface area contributed by atoms with Gasteiger partial charge in [0.15, 0.2) is 0 Å². The quantitative estimate of drug-likeness (QED) is 0.622. The lowest BCUT2D eigenvalue weighted by Gasteiger charge is -2.48. The Labute approximate surface area is 193 Å². The molecule has 0 spiro atoms. The van der Waals surface area contributed by atoms with Gasteiger partial charge in [-0.1, -0.05) is 32.1 Å². The average molecular weight is 486 g/mol. The summed E-state index contributed by atoms with van der Waals surface area (Å²) in [6, 6.07) is 6.20. The SMILES string of the molecule is CCN(CC)C(=O)[C@@H]1C=C2c3cccc4c3c(c(Br)n4C(=O)C(C)C)C[C@@]2(C)N(C)C1. The first kappa shape index (κ1) is 22.3. The Bertz CT molecular complexity index is 1100. The van der Waals surface area contributed by atoms with Crippen LogP contribution in [0.4, 0.5) is 0 Å². The molecular formula is C25H32BrN3O2. The van der Waals surface area contributed by atoms with Gasteiger partial charge in [-0.05, 0) is 72.9 Å². The average Bonchev–Trinajstić information content (AvgIpc) is 3.01. The second-order valence-electron chi connectivity index (χ2n) is 9.33. The number of carbonyl (C=O) groups is 2. The summed E-state index contributed by atoms with van der Waals surface area (Å²) in [4.78, 5) is 30.5. The maximum Gasteiger partial charge on any atom is 0.234 e. The van der Waals surface area contributed by atoms with Gasteiger partial charge in [0.1, 0.15) is 0 Å². The molecule has 0 saturated carbocycles. The van der Waals surface area contributed by atoms with Gasteiger partial charge in [-0.3, -0.25) is 19.1 Å². The molecule has 1 aliphatic carbocycles. The molecule has 0 unspecified atom stereocenters. The zero-order chi connectivity index (χ0) is 22.7. The van der Waals surface area contributed by atoms with Crippen LogP contribution in [0.15, 0.2) is 28.9 Å². The summed E-state index contributed by atoms with van der Waals surface area (Å²) in [5.74, 6) is 0.0259. The molecule has 2 aliphatic rings. The number of hydrogen-bond donors (Lipinski definition) is 0. The number of fused-ring (bicyclic) bond motifs is 2. The molecule has 5 nitrogen and oxygen atoms in total. The van der Waals surface area contributed by atoms with Crippen molar-refractivity contribution in [1.82, 2.24) is 14.4 Å². The predicted octanol–water partition coefficient (Wildman–Crippen LogP) is 4.83. The van der Waals surface area contributed by atoms with E-state index in [9.17, 15) is 9.59 Å². The van der Waals surface area contributed by atoms with Crippen LogP contribution in [0.5, 0.6) is 0 Å². The van der Waals surface area contributed by atoms with Crippen molar-refractivity contribution >= 4 is 44.2 Å². The molecular weight excluding hydrogens is 454 g/mol. The van der Waals surface area contributed by atoms with Crippen LogP contribution < -0.4 is 0 Å². The molecule has 2 heterocycles. The fourth-order valence-electron chi connectivity index (χ4n) is 5.26. The van der Waals surface area contributed by atoms with Gasteiger partial charge < -0.3 is 4.90 Å². The van der Waals surface area contributed by atoms with Gasteiger partial charge in [0.2, 0.25) is 11.8 Å². The first-order chi connectivity index (χ1) is 14.7. The van der Waals surface area contributed by atoms with E-state index in [4.69, 9.17) is 0 Å². The molecule has 1 aromatic heterocycles. The molecule has 166 valence electrons. The largest absolute Gasteiger partial charge is 0.343 e. The molecule has 1 aliphatic heterocycles. The first-order valence-corrected chi connectivity index (χ1v) is 12.0. The maximum atomic E-state index is 13.2. The molecule has 0 fully saturated rings. The predicted molar refractivity (Wildman–Crippen MR) is 129 cm³/mol. The zero-order valence-corrected chi connectivity index (χ0v) is 20.9. The summed E-state index contributed by atoms with van der Waals surface area (Å²) < 4.78 is 2.70. The van der Waals surface area contributed by atoms with Crippen molar-refractivity contribution in [3.05, 3.63) is 40.0 Å². The Morgan fingerprint density at radius 1 is 1.26 bits per heavy atom. The summed E-state index contributed by atoms with van der Waals surface area (Å²) in [6.07, 6.45) is 3.00. The van der Waals surface area contributed by atoms with Crippen molar-refractivity contribution in [2.75, 3.05) is 26.7 Å². The van der Waals surface area contributed by atoms with E-state index in [0.717, 1.165) is 40.6 Å². The number of carbonyl (C=O) groups excluding carboxylic acids is 2. The molecule has 0 saturated heterocycles. The Kier molecular flexibility index (Phi) is 5.67. The molecule has 4 rings (SSSR count). The normalized spacial score (nSPS) is 23.1. The van der Waals surface area contributed by atoms with E-state index < -0.39 is 0 Å². The second-order valence-corrected chi connectivity index (χ2v) is 10.1. The highest BCUT2D eigenvalue weighted by Crippen LogP contribution is 2.50. The van der Waals surface area contributed by atoms with Gasteiger partial charge in [-0.15, -0.1) is 0 Å². The number of aromatic nitrogens is 1. The van der Waals surface area contributed by atoms with Crippen LogP contribution in [-0.4, -0.2) is 58.4 Å². The lowest BCUT2D eigenvalue weighted by atomic mass is 9.71. The van der Waals surface area contributed by atoms with Crippen LogP contribution in [0, 0.1) is 11.8 Å². The Morgan fingerprint density at radius 3 is 2.55 bits per heavy atom. The van der Waals surface area contributed by atoms with E-state index in [2.05, 4.69) is 46.9 Å². The van der Waals surface area contributed by atoms with E-state index in [-0.39, 0.29) is 29.2 Å². The Balaban J connectivity index is 1.94. The summed E-state index contributed by atoms with van der Waals surface area (Å²) in [6.45, 7) is 12.3. The van der Waals surface area contributed by atoms with Crippen molar-refractivity contribution in [3.63, 3.8) is 0 Å².